The lowest BCUT2D eigenvalue weighted by atomic mass is 9.75. The summed E-state index contributed by atoms with van der Waals surface area (Å²) in [6, 6.07) is 5.57. The molecule has 100 valence electrons. The minimum Gasteiger partial charge on any atom is -0.497 e. The van der Waals surface area contributed by atoms with Gasteiger partial charge in [-0.2, -0.15) is 0 Å². The molecule has 3 nitrogen and oxygen atoms in total. The van der Waals surface area contributed by atoms with Gasteiger partial charge in [0.1, 0.15) is 11.5 Å². The van der Waals surface area contributed by atoms with Crippen molar-refractivity contribution in [3.8, 4) is 11.5 Å². The lowest BCUT2D eigenvalue weighted by Gasteiger charge is -2.34. The van der Waals surface area contributed by atoms with Gasteiger partial charge in [0, 0.05) is 5.56 Å². The molecule has 1 unspecified atom stereocenters. The molecule has 0 bridgehead atoms. The van der Waals surface area contributed by atoms with E-state index in [1.54, 1.807) is 14.2 Å². The smallest absolute Gasteiger partial charge is 0.125 e. The van der Waals surface area contributed by atoms with E-state index in [9.17, 15) is 5.11 Å². The number of methoxy groups -OCH3 is 2. The molecule has 1 aliphatic rings. The van der Waals surface area contributed by atoms with Gasteiger partial charge in [-0.25, -0.2) is 0 Å². The highest BCUT2D eigenvalue weighted by Crippen LogP contribution is 2.41. The van der Waals surface area contributed by atoms with Gasteiger partial charge in [-0.15, -0.1) is 0 Å². The number of aliphatic hydroxyl groups is 1. The zero-order valence-corrected chi connectivity index (χ0v) is 11.4. The second-order valence-corrected chi connectivity index (χ2v) is 5.34. The summed E-state index contributed by atoms with van der Waals surface area (Å²) in [7, 11) is 3.26. The van der Waals surface area contributed by atoms with E-state index in [4.69, 9.17) is 9.47 Å². The summed E-state index contributed by atoms with van der Waals surface area (Å²) >= 11 is 0. The first kappa shape index (κ1) is 13.2. The van der Waals surface area contributed by atoms with E-state index in [1.165, 1.54) is 19.3 Å². The van der Waals surface area contributed by atoms with Crippen molar-refractivity contribution in [2.75, 3.05) is 14.2 Å². The molecular formula is C15H22O3. The van der Waals surface area contributed by atoms with Crippen LogP contribution < -0.4 is 9.47 Å². The average Bonchev–Trinajstić information content (AvgIpc) is 2.33. The molecular weight excluding hydrogens is 228 g/mol. The Morgan fingerprint density at radius 1 is 1.28 bits per heavy atom. The van der Waals surface area contributed by atoms with Gasteiger partial charge < -0.3 is 14.6 Å². The van der Waals surface area contributed by atoms with E-state index in [-0.39, 0.29) is 0 Å². The maximum Gasteiger partial charge on any atom is 0.125 e. The van der Waals surface area contributed by atoms with Gasteiger partial charge >= 0.3 is 0 Å². The Kier molecular flexibility index (Phi) is 3.81. The van der Waals surface area contributed by atoms with Crippen LogP contribution in [0.2, 0.25) is 0 Å². The number of benzene rings is 1. The normalized spacial score (nSPS) is 18.9. The lowest BCUT2D eigenvalue weighted by Crippen LogP contribution is -2.28. The van der Waals surface area contributed by atoms with E-state index < -0.39 is 5.60 Å². The zero-order chi connectivity index (χ0) is 13.2. The highest BCUT2D eigenvalue weighted by Gasteiger charge is 2.32. The van der Waals surface area contributed by atoms with Gasteiger partial charge in [0.25, 0.3) is 0 Å². The molecule has 1 aliphatic carbocycles. The van der Waals surface area contributed by atoms with Crippen LogP contribution in [0.3, 0.4) is 0 Å². The number of ether oxygens (including phenoxy) is 2. The third-order valence-corrected chi connectivity index (χ3v) is 3.90. The maximum atomic E-state index is 10.7. The van der Waals surface area contributed by atoms with Crippen LogP contribution in [0.15, 0.2) is 18.2 Å². The molecule has 0 amide bonds. The van der Waals surface area contributed by atoms with E-state index in [0.29, 0.717) is 5.92 Å². The largest absolute Gasteiger partial charge is 0.497 e. The van der Waals surface area contributed by atoms with Gasteiger partial charge in [0.15, 0.2) is 0 Å². The highest BCUT2D eigenvalue weighted by atomic mass is 16.5. The van der Waals surface area contributed by atoms with Crippen molar-refractivity contribution in [3.63, 3.8) is 0 Å². The number of hydrogen-bond donors (Lipinski definition) is 1. The van der Waals surface area contributed by atoms with Crippen LogP contribution in [0.25, 0.3) is 0 Å². The van der Waals surface area contributed by atoms with Gasteiger partial charge in [-0.05, 0) is 37.5 Å². The molecule has 0 radical (unpaired) electrons. The molecule has 0 heterocycles. The first-order chi connectivity index (χ1) is 8.56. The topological polar surface area (TPSA) is 38.7 Å². The molecule has 0 spiro atoms. The molecule has 18 heavy (non-hydrogen) atoms. The summed E-state index contributed by atoms with van der Waals surface area (Å²) in [5.41, 5.74) is -0.0402. The molecule has 1 aromatic carbocycles. The van der Waals surface area contributed by atoms with Crippen molar-refractivity contribution in [3.05, 3.63) is 23.8 Å². The third kappa shape index (κ3) is 2.61. The molecule has 1 N–H and O–H groups in total. The van der Waals surface area contributed by atoms with Crippen molar-refractivity contribution < 1.29 is 14.6 Å². The minimum atomic E-state index is -0.856. The summed E-state index contributed by atoms with van der Waals surface area (Å²) < 4.78 is 10.6. The van der Waals surface area contributed by atoms with Crippen LogP contribution in [0.5, 0.6) is 11.5 Å². The Labute approximate surface area is 109 Å². The Bertz CT molecular complexity index is 408. The summed E-state index contributed by atoms with van der Waals surface area (Å²) in [6.07, 6.45) is 4.53. The Morgan fingerprint density at radius 3 is 2.50 bits per heavy atom. The molecule has 1 fully saturated rings. The van der Waals surface area contributed by atoms with E-state index in [0.717, 1.165) is 23.5 Å². The van der Waals surface area contributed by atoms with E-state index in [1.807, 2.05) is 25.1 Å². The SMILES string of the molecule is COc1ccc(OC)c(C(C)(O)CC2CCC2)c1. The predicted molar refractivity (Wildman–Crippen MR) is 71.1 cm³/mol. The third-order valence-electron chi connectivity index (χ3n) is 3.90. The van der Waals surface area contributed by atoms with Crippen LogP contribution in [-0.2, 0) is 5.60 Å². The van der Waals surface area contributed by atoms with Gasteiger partial charge in [-0.1, -0.05) is 19.3 Å². The molecule has 3 heteroatoms. The lowest BCUT2D eigenvalue weighted by molar-refractivity contribution is 0.0140. The quantitative estimate of drug-likeness (QED) is 0.872. The molecule has 0 aromatic heterocycles. The molecule has 0 saturated heterocycles. The Balaban J connectivity index is 2.27. The summed E-state index contributed by atoms with van der Waals surface area (Å²) in [5, 5.41) is 10.7. The van der Waals surface area contributed by atoms with Crippen molar-refractivity contribution in [2.24, 2.45) is 5.92 Å². The highest BCUT2D eigenvalue weighted by molar-refractivity contribution is 5.43. The Morgan fingerprint density at radius 2 is 2.00 bits per heavy atom. The van der Waals surface area contributed by atoms with Crippen LogP contribution in [-0.4, -0.2) is 19.3 Å². The minimum absolute atomic E-state index is 0.635. The van der Waals surface area contributed by atoms with Crippen molar-refractivity contribution in [1.29, 1.82) is 0 Å². The second kappa shape index (κ2) is 5.19. The predicted octanol–water partition coefficient (Wildman–Crippen LogP) is 3.10. The summed E-state index contributed by atoms with van der Waals surface area (Å²) in [4.78, 5) is 0. The standard InChI is InChI=1S/C15H22O3/c1-15(16,10-11-5-4-6-11)13-9-12(17-2)7-8-14(13)18-3/h7-9,11,16H,4-6,10H2,1-3H3. The van der Waals surface area contributed by atoms with Crippen molar-refractivity contribution in [1.82, 2.24) is 0 Å². The average molecular weight is 250 g/mol. The number of hydrogen-bond acceptors (Lipinski definition) is 3. The Hall–Kier alpha value is -1.22. The summed E-state index contributed by atoms with van der Waals surface area (Å²) in [5.74, 6) is 2.11. The van der Waals surface area contributed by atoms with Crippen LogP contribution >= 0.6 is 0 Å². The molecule has 0 aliphatic heterocycles. The first-order valence-electron chi connectivity index (χ1n) is 6.51. The zero-order valence-electron chi connectivity index (χ0n) is 11.4. The van der Waals surface area contributed by atoms with Crippen LogP contribution in [0.1, 0.15) is 38.2 Å². The van der Waals surface area contributed by atoms with E-state index in [2.05, 4.69) is 0 Å². The molecule has 1 atom stereocenters. The van der Waals surface area contributed by atoms with Crippen molar-refractivity contribution in [2.45, 2.75) is 38.2 Å². The fourth-order valence-corrected chi connectivity index (χ4v) is 2.60. The van der Waals surface area contributed by atoms with Gasteiger partial charge in [0.2, 0.25) is 0 Å². The fourth-order valence-electron chi connectivity index (χ4n) is 2.60. The van der Waals surface area contributed by atoms with Crippen molar-refractivity contribution >= 4 is 0 Å². The monoisotopic (exact) mass is 250 g/mol. The van der Waals surface area contributed by atoms with Crippen LogP contribution in [0.4, 0.5) is 0 Å². The molecule has 2 rings (SSSR count). The maximum absolute atomic E-state index is 10.7. The molecule has 1 saturated carbocycles. The van der Waals surface area contributed by atoms with Crippen LogP contribution in [0, 0.1) is 5.92 Å². The van der Waals surface area contributed by atoms with Gasteiger partial charge in [-0.3, -0.25) is 0 Å². The number of rotatable bonds is 5. The second-order valence-electron chi connectivity index (χ2n) is 5.34. The molecule has 1 aromatic rings. The van der Waals surface area contributed by atoms with Gasteiger partial charge in [0.05, 0.1) is 19.8 Å². The fraction of sp³-hybridized carbons (Fsp3) is 0.600. The van der Waals surface area contributed by atoms with E-state index >= 15 is 0 Å². The first-order valence-corrected chi connectivity index (χ1v) is 6.51. The summed E-state index contributed by atoms with van der Waals surface area (Å²) in [6.45, 7) is 1.86.